The second-order valence-electron chi connectivity index (χ2n) is 8.43. The minimum absolute atomic E-state index is 0.247. The molecule has 7 nitrogen and oxygen atoms in total. The van der Waals surface area contributed by atoms with Crippen LogP contribution < -0.4 is 5.73 Å². The van der Waals surface area contributed by atoms with Crippen molar-refractivity contribution in [3.8, 4) is 0 Å². The smallest absolute Gasteiger partial charge is 0.410 e. The van der Waals surface area contributed by atoms with Crippen molar-refractivity contribution in [2.45, 2.75) is 65.0 Å². The highest BCUT2D eigenvalue weighted by molar-refractivity contribution is 5.78. The molecule has 7 heteroatoms. The number of nitrogens with zero attached hydrogens (tertiary/aromatic N) is 4. The van der Waals surface area contributed by atoms with Gasteiger partial charge in [-0.2, -0.15) is 0 Å². The Hall–Kier alpha value is -1.50. The Balaban J connectivity index is 1.68. The van der Waals surface area contributed by atoms with E-state index in [1.165, 1.54) is 25.8 Å². The van der Waals surface area contributed by atoms with Crippen LogP contribution in [0.4, 0.5) is 4.79 Å². The van der Waals surface area contributed by atoms with E-state index in [2.05, 4.69) is 21.7 Å². The summed E-state index contributed by atoms with van der Waals surface area (Å²) in [6, 6.07) is 0.700. The van der Waals surface area contributed by atoms with Gasteiger partial charge in [0.15, 0.2) is 5.96 Å². The molecule has 150 valence electrons. The SMILES string of the molecule is CC1CCCCN1CCCN=C(N)N1CCN(C(=O)OC(C)(C)C)CC1. The number of hydrogen-bond acceptors (Lipinski definition) is 4. The Morgan fingerprint density at radius 3 is 2.38 bits per heavy atom. The van der Waals surface area contributed by atoms with Crippen LogP contribution in [0, 0.1) is 0 Å². The standard InChI is InChI=1S/C19H37N5O2/c1-16-8-5-6-10-22(16)11-7-9-21-17(20)23-12-14-24(15-13-23)18(25)26-19(2,3)4/h16H,5-15H2,1-4H3,(H2,20,21). The molecule has 2 heterocycles. The van der Waals surface area contributed by atoms with E-state index in [-0.39, 0.29) is 6.09 Å². The number of nitrogens with two attached hydrogens (primary N) is 1. The molecule has 2 rings (SSSR count). The summed E-state index contributed by atoms with van der Waals surface area (Å²) in [6.45, 7) is 13.7. The Morgan fingerprint density at radius 2 is 1.77 bits per heavy atom. The van der Waals surface area contributed by atoms with Crippen LogP contribution in [0.25, 0.3) is 0 Å². The van der Waals surface area contributed by atoms with Crippen LogP contribution in [0.15, 0.2) is 4.99 Å². The number of carbonyl (C=O) groups excluding carboxylic acids is 1. The maximum absolute atomic E-state index is 12.1. The molecule has 0 bridgehead atoms. The van der Waals surface area contributed by atoms with Gasteiger partial charge in [0.1, 0.15) is 5.60 Å². The van der Waals surface area contributed by atoms with Crippen LogP contribution in [0.5, 0.6) is 0 Å². The van der Waals surface area contributed by atoms with Crippen molar-refractivity contribution in [3.63, 3.8) is 0 Å². The van der Waals surface area contributed by atoms with Crippen LogP contribution in [0.1, 0.15) is 53.4 Å². The molecule has 2 saturated heterocycles. The first-order valence-electron chi connectivity index (χ1n) is 10.0. The predicted octanol–water partition coefficient (Wildman–Crippen LogP) is 2.12. The minimum Gasteiger partial charge on any atom is -0.444 e. The molecule has 0 spiro atoms. The van der Waals surface area contributed by atoms with Crippen molar-refractivity contribution in [2.75, 3.05) is 45.8 Å². The van der Waals surface area contributed by atoms with Crippen molar-refractivity contribution in [3.05, 3.63) is 0 Å². The number of aliphatic imine (C=N–C) groups is 1. The van der Waals surface area contributed by atoms with Crippen LogP contribution in [0.3, 0.4) is 0 Å². The molecule has 0 saturated carbocycles. The number of piperidine rings is 1. The van der Waals surface area contributed by atoms with Gasteiger partial charge in [-0.25, -0.2) is 4.79 Å². The zero-order valence-electron chi connectivity index (χ0n) is 17.0. The lowest BCUT2D eigenvalue weighted by atomic mass is 10.0. The van der Waals surface area contributed by atoms with E-state index < -0.39 is 5.60 Å². The number of amides is 1. The van der Waals surface area contributed by atoms with Crippen molar-refractivity contribution in [1.29, 1.82) is 0 Å². The molecule has 1 atom stereocenters. The number of hydrogen-bond donors (Lipinski definition) is 1. The van der Waals surface area contributed by atoms with Gasteiger partial charge in [0.25, 0.3) is 0 Å². The first-order valence-corrected chi connectivity index (χ1v) is 10.0. The summed E-state index contributed by atoms with van der Waals surface area (Å²) in [7, 11) is 0. The van der Waals surface area contributed by atoms with E-state index in [4.69, 9.17) is 10.5 Å². The highest BCUT2D eigenvalue weighted by Gasteiger charge is 2.26. The molecular weight excluding hydrogens is 330 g/mol. The van der Waals surface area contributed by atoms with Gasteiger partial charge in [-0.15, -0.1) is 0 Å². The van der Waals surface area contributed by atoms with Crippen LogP contribution >= 0.6 is 0 Å². The first-order chi connectivity index (χ1) is 12.3. The number of likely N-dealkylation sites (tertiary alicyclic amines) is 1. The summed E-state index contributed by atoms with van der Waals surface area (Å²) >= 11 is 0. The number of carbonyl (C=O) groups is 1. The van der Waals surface area contributed by atoms with Crippen molar-refractivity contribution < 1.29 is 9.53 Å². The Kier molecular flexibility index (Phi) is 7.55. The van der Waals surface area contributed by atoms with Gasteiger partial charge < -0.3 is 25.2 Å². The minimum atomic E-state index is -0.458. The molecular formula is C19H37N5O2. The molecule has 0 radical (unpaired) electrons. The fraction of sp³-hybridized carbons (Fsp3) is 0.895. The molecule has 1 amide bonds. The zero-order chi connectivity index (χ0) is 19.2. The fourth-order valence-corrected chi connectivity index (χ4v) is 3.50. The Bertz CT molecular complexity index is 481. The average Bonchev–Trinajstić information content (AvgIpc) is 2.58. The van der Waals surface area contributed by atoms with Crippen LogP contribution in [0.2, 0.25) is 0 Å². The van der Waals surface area contributed by atoms with Crippen molar-refractivity contribution in [2.24, 2.45) is 10.7 Å². The highest BCUT2D eigenvalue weighted by Crippen LogP contribution is 2.16. The van der Waals surface area contributed by atoms with Gasteiger partial charge in [0.05, 0.1) is 0 Å². The molecule has 1 unspecified atom stereocenters. The summed E-state index contributed by atoms with van der Waals surface area (Å²) in [5.41, 5.74) is 5.69. The third-order valence-electron chi connectivity index (χ3n) is 5.07. The van der Waals surface area contributed by atoms with E-state index >= 15 is 0 Å². The second-order valence-corrected chi connectivity index (χ2v) is 8.43. The van der Waals surface area contributed by atoms with E-state index in [0.717, 1.165) is 19.5 Å². The third-order valence-corrected chi connectivity index (χ3v) is 5.07. The van der Waals surface area contributed by atoms with Crippen LogP contribution in [-0.2, 0) is 4.74 Å². The topological polar surface area (TPSA) is 74.4 Å². The molecule has 2 aliphatic rings. The molecule has 0 aromatic heterocycles. The summed E-state index contributed by atoms with van der Waals surface area (Å²) in [4.78, 5) is 23.0. The number of rotatable bonds is 4. The summed E-state index contributed by atoms with van der Waals surface area (Å²) in [6.07, 6.45) is 4.79. The lowest BCUT2D eigenvalue weighted by Crippen LogP contribution is -2.53. The van der Waals surface area contributed by atoms with E-state index in [1.54, 1.807) is 4.90 Å². The van der Waals surface area contributed by atoms with Gasteiger partial charge >= 0.3 is 6.09 Å². The van der Waals surface area contributed by atoms with E-state index in [0.29, 0.717) is 38.2 Å². The maximum atomic E-state index is 12.1. The molecule has 0 aromatic rings. The second kappa shape index (κ2) is 9.44. The lowest BCUT2D eigenvalue weighted by Gasteiger charge is -2.36. The van der Waals surface area contributed by atoms with Crippen molar-refractivity contribution >= 4 is 12.1 Å². The largest absolute Gasteiger partial charge is 0.444 e. The molecule has 0 aromatic carbocycles. The number of ether oxygens (including phenoxy) is 1. The average molecular weight is 368 g/mol. The normalized spacial score (nSPS) is 23.2. The molecule has 26 heavy (non-hydrogen) atoms. The summed E-state index contributed by atoms with van der Waals surface area (Å²) < 4.78 is 5.42. The number of piperazine rings is 1. The molecule has 2 N–H and O–H groups in total. The van der Waals surface area contributed by atoms with Gasteiger partial charge in [0, 0.05) is 45.3 Å². The molecule has 0 aliphatic carbocycles. The molecule has 2 aliphatic heterocycles. The third kappa shape index (κ3) is 6.67. The highest BCUT2D eigenvalue weighted by atomic mass is 16.6. The summed E-state index contributed by atoms with van der Waals surface area (Å²) in [5.74, 6) is 0.598. The van der Waals surface area contributed by atoms with E-state index in [1.807, 2.05) is 20.8 Å². The number of guanidine groups is 1. The van der Waals surface area contributed by atoms with Gasteiger partial charge in [-0.3, -0.25) is 4.99 Å². The van der Waals surface area contributed by atoms with Crippen LogP contribution in [-0.4, -0.2) is 84.2 Å². The zero-order valence-corrected chi connectivity index (χ0v) is 17.0. The first kappa shape index (κ1) is 20.8. The van der Waals surface area contributed by atoms with E-state index in [9.17, 15) is 4.79 Å². The van der Waals surface area contributed by atoms with Gasteiger partial charge in [-0.1, -0.05) is 6.42 Å². The quantitative estimate of drug-likeness (QED) is 0.468. The maximum Gasteiger partial charge on any atom is 0.410 e. The Labute approximate surface area is 158 Å². The summed E-state index contributed by atoms with van der Waals surface area (Å²) in [5, 5.41) is 0. The monoisotopic (exact) mass is 367 g/mol. The van der Waals surface area contributed by atoms with Crippen molar-refractivity contribution in [1.82, 2.24) is 14.7 Å². The fourth-order valence-electron chi connectivity index (χ4n) is 3.50. The van der Waals surface area contributed by atoms with Gasteiger partial charge in [-0.05, 0) is 53.5 Å². The van der Waals surface area contributed by atoms with Gasteiger partial charge in [0.2, 0.25) is 0 Å². The predicted molar refractivity (Wildman–Crippen MR) is 105 cm³/mol. The molecule has 2 fully saturated rings. The lowest BCUT2D eigenvalue weighted by molar-refractivity contribution is 0.0186. The Morgan fingerprint density at radius 1 is 1.12 bits per heavy atom.